The molecule has 1 amide bonds. The molecule has 4 fully saturated rings. The van der Waals surface area contributed by atoms with Crippen LogP contribution in [0.4, 0.5) is 5.69 Å². The smallest absolute Gasteiger partial charge is 0.264 e. The molecule has 176 valence electrons. The van der Waals surface area contributed by atoms with Crippen molar-refractivity contribution >= 4 is 33.2 Å². The van der Waals surface area contributed by atoms with Gasteiger partial charge in [-0.25, -0.2) is 8.42 Å². The number of nitrogens with zero attached hydrogens (tertiary/aromatic N) is 1. The molecule has 4 aliphatic rings. The Morgan fingerprint density at radius 1 is 1.00 bits per heavy atom. The predicted molar refractivity (Wildman–Crippen MR) is 128 cm³/mol. The van der Waals surface area contributed by atoms with Crippen LogP contribution in [0.3, 0.4) is 0 Å². The molecule has 6 nitrogen and oxygen atoms in total. The minimum Gasteiger partial charge on any atom is -0.484 e. The Hall–Kier alpha value is -2.25. The van der Waals surface area contributed by atoms with Gasteiger partial charge in [-0.15, -0.1) is 0 Å². The summed E-state index contributed by atoms with van der Waals surface area (Å²) in [6.45, 7) is -0.0417. The largest absolute Gasteiger partial charge is 0.484 e. The second kappa shape index (κ2) is 8.51. The van der Waals surface area contributed by atoms with E-state index in [1.807, 2.05) is 0 Å². The van der Waals surface area contributed by atoms with Crippen LogP contribution in [0.2, 0.25) is 5.02 Å². The number of hydrogen-bond donors (Lipinski definition) is 1. The van der Waals surface area contributed by atoms with Crippen LogP contribution >= 0.6 is 11.6 Å². The standard InChI is InChI=1S/C25H29ClN2O4S/c1-28(33(30,31)23-8-2-20(26)3-9-23)21-4-6-22(7-5-21)32-16-24(29)27-25-13-17-10-18(14-25)12-19(11-17)15-25/h2-9,17-19H,10-16H2,1H3,(H,27,29). The number of amides is 1. The number of anilines is 1. The van der Waals surface area contributed by atoms with Gasteiger partial charge in [0.25, 0.3) is 15.9 Å². The molecular weight excluding hydrogens is 460 g/mol. The van der Waals surface area contributed by atoms with Crippen molar-refractivity contribution in [2.75, 3.05) is 18.0 Å². The van der Waals surface area contributed by atoms with Gasteiger partial charge >= 0.3 is 0 Å². The normalized spacial score (nSPS) is 27.9. The molecule has 1 N–H and O–H groups in total. The van der Waals surface area contributed by atoms with Crippen molar-refractivity contribution in [1.29, 1.82) is 0 Å². The zero-order valence-corrected chi connectivity index (χ0v) is 20.2. The van der Waals surface area contributed by atoms with Crippen molar-refractivity contribution in [2.24, 2.45) is 17.8 Å². The van der Waals surface area contributed by atoms with E-state index in [0.29, 0.717) is 16.5 Å². The first-order chi connectivity index (χ1) is 15.7. The quantitative estimate of drug-likeness (QED) is 0.616. The number of carbonyl (C=O) groups is 1. The van der Waals surface area contributed by atoms with Crippen molar-refractivity contribution in [3.8, 4) is 5.75 Å². The van der Waals surface area contributed by atoms with E-state index in [9.17, 15) is 13.2 Å². The Morgan fingerprint density at radius 3 is 2.09 bits per heavy atom. The van der Waals surface area contributed by atoms with E-state index in [1.54, 1.807) is 36.4 Å². The highest BCUT2D eigenvalue weighted by Crippen LogP contribution is 2.55. The first kappa shape index (κ1) is 22.5. The minimum absolute atomic E-state index is 0.0300. The monoisotopic (exact) mass is 488 g/mol. The Balaban J connectivity index is 1.18. The molecular formula is C25H29ClN2O4S. The molecule has 8 heteroatoms. The number of halogens is 1. The number of ether oxygens (including phenoxy) is 1. The first-order valence-corrected chi connectivity index (χ1v) is 13.3. The fourth-order valence-electron chi connectivity index (χ4n) is 6.40. The highest BCUT2D eigenvalue weighted by atomic mass is 35.5. The molecule has 0 heterocycles. The molecule has 0 saturated heterocycles. The second-order valence-electron chi connectivity index (χ2n) is 9.96. The fraction of sp³-hybridized carbons (Fsp3) is 0.480. The molecule has 2 aromatic carbocycles. The molecule has 4 saturated carbocycles. The van der Waals surface area contributed by atoms with E-state index >= 15 is 0 Å². The van der Waals surface area contributed by atoms with E-state index < -0.39 is 10.0 Å². The van der Waals surface area contributed by atoms with Crippen LogP contribution < -0.4 is 14.4 Å². The van der Waals surface area contributed by atoms with Gasteiger partial charge in [0, 0.05) is 17.6 Å². The molecule has 33 heavy (non-hydrogen) atoms. The van der Waals surface area contributed by atoms with Crippen molar-refractivity contribution in [1.82, 2.24) is 5.32 Å². The van der Waals surface area contributed by atoms with E-state index in [2.05, 4.69) is 5.32 Å². The molecule has 4 aliphatic carbocycles. The van der Waals surface area contributed by atoms with Gasteiger partial charge in [-0.2, -0.15) is 0 Å². The maximum absolute atomic E-state index is 12.8. The minimum atomic E-state index is -3.70. The Morgan fingerprint density at radius 2 is 1.55 bits per heavy atom. The van der Waals surface area contributed by atoms with Gasteiger partial charge in [-0.1, -0.05) is 11.6 Å². The van der Waals surface area contributed by atoms with Gasteiger partial charge in [-0.05, 0) is 105 Å². The van der Waals surface area contributed by atoms with Crippen molar-refractivity contribution in [3.05, 3.63) is 53.6 Å². The Labute approximate surface area is 200 Å². The summed E-state index contributed by atoms with van der Waals surface area (Å²) < 4.78 is 32.6. The third-order valence-corrected chi connectivity index (χ3v) is 9.54. The highest BCUT2D eigenvalue weighted by Gasteiger charge is 2.51. The lowest BCUT2D eigenvalue weighted by Crippen LogP contribution is -2.60. The summed E-state index contributed by atoms with van der Waals surface area (Å²) in [6.07, 6.45) is 7.32. The number of nitrogens with one attached hydrogen (secondary N) is 1. The molecule has 4 bridgehead atoms. The van der Waals surface area contributed by atoms with Gasteiger partial charge < -0.3 is 10.1 Å². The van der Waals surface area contributed by atoms with E-state index in [1.165, 1.54) is 42.7 Å². The molecule has 0 unspecified atom stereocenters. The van der Waals surface area contributed by atoms with Crippen molar-refractivity contribution < 1.29 is 17.9 Å². The number of rotatable bonds is 7. The lowest BCUT2D eigenvalue weighted by atomic mass is 9.53. The van der Waals surface area contributed by atoms with Crippen LogP contribution in [0.15, 0.2) is 53.4 Å². The molecule has 0 aromatic heterocycles. The molecule has 0 atom stereocenters. The van der Waals surface area contributed by atoms with Crippen LogP contribution in [0, 0.1) is 17.8 Å². The number of benzene rings is 2. The summed E-state index contributed by atoms with van der Waals surface area (Å²) in [5.41, 5.74) is 0.466. The molecule has 0 radical (unpaired) electrons. The third kappa shape index (κ3) is 4.58. The number of sulfonamides is 1. The van der Waals surface area contributed by atoms with E-state index in [0.717, 1.165) is 37.0 Å². The summed E-state index contributed by atoms with van der Waals surface area (Å²) in [7, 11) is -2.21. The van der Waals surface area contributed by atoms with Gasteiger partial charge in [0.15, 0.2) is 6.61 Å². The van der Waals surface area contributed by atoms with Crippen molar-refractivity contribution in [2.45, 2.75) is 49.0 Å². The van der Waals surface area contributed by atoms with Gasteiger partial charge in [-0.3, -0.25) is 9.10 Å². The summed E-state index contributed by atoms with van der Waals surface area (Å²) in [5.74, 6) is 2.75. The average Bonchev–Trinajstić information content (AvgIpc) is 2.76. The summed E-state index contributed by atoms with van der Waals surface area (Å²) in [5, 5.41) is 3.78. The molecule has 2 aromatic rings. The topological polar surface area (TPSA) is 75.7 Å². The highest BCUT2D eigenvalue weighted by molar-refractivity contribution is 7.92. The SMILES string of the molecule is CN(c1ccc(OCC(=O)NC23CC4CC(CC(C4)C2)C3)cc1)S(=O)(=O)c1ccc(Cl)cc1. The first-order valence-electron chi connectivity index (χ1n) is 11.5. The summed E-state index contributed by atoms with van der Waals surface area (Å²) in [4.78, 5) is 12.8. The van der Waals surface area contributed by atoms with Gasteiger partial charge in [0.05, 0.1) is 10.6 Å². The molecule has 0 aliphatic heterocycles. The van der Waals surface area contributed by atoms with Crippen LogP contribution in [-0.4, -0.2) is 33.5 Å². The van der Waals surface area contributed by atoms with E-state index in [-0.39, 0.29) is 22.9 Å². The number of carbonyl (C=O) groups excluding carboxylic acids is 1. The lowest BCUT2D eigenvalue weighted by molar-refractivity contribution is -0.128. The van der Waals surface area contributed by atoms with Crippen LogP contribution in [0.5, 0.6) is 5.75 Å². The molecule has 0 spiro atoms. The van der Waals surface area contributed by atoms with E-state index in [4.69, 9.17) is 16.3 Å². The maximum atomic E-state index is 12.8. The van der Waals surface area contributed by atoms with Gasteiger partial charge in [0.2, 0.25) is 0 Å². The zero-order chi connectivity index (χ0) is 23.2. The van der Waals surface area contributed by atoms with Crippen LogP contribution in [0.25, 0.3) is 0 Å². The van der Waals surface area contributed by atoms with Crippen LogP contribution in [-0.2, 0) is 14.8 Å². The zero-order valence-electron chi connectivity index (χ0n) is 18.7. The molecule has 6 rings (SSSR count). The van der Waals surface area contributed by atoms with Gasteiger partial charge in [0.1, 0.15) is 5.75 Å². The predicted octanol–water partition coefficient (Wildman–Crippen LogP) is 4.63. The number of hydrogen-bond acceptors (Lipinski definition) is 4. The Bertz CT molecular complexity index is 1100. The average molecular weight is 489 g/mol. The third-order valence-electron chi connectivity index (χ3n) is 7.49. The lowest BCUT2D eigenvalue weighted by Gasteiger charge is -2.56. The second-order valence-corrected chi connectivity index (χ2v) is 12.4. The Kier molecular flexibility index (Phi) is 5.81. The summed E-state index contributed by atoms with van der Waals surface area (Å²) >= 11 is 5.86. The van der Waals surface area contributed by atoms with Crippen LogP contribution in [0.1, 0.15) is 38.5 Å². The summed E-state index contributed by atoms with van der Waals surface area (Å²) in [6, 6.07) is 12.8. The van der Waals surface area contributed by atoms with Crippen molar-refractivity contribution in [3.63, 3.8) is 0 Å². The fourth-order valence-corrected chi connectivity index (χ4v) is 7.72. The maximum Gasteiger partial charge on any atom is 0.264 e.